The summed E-state index contributed by atoms with van der Waals surface area (Å²) in [7, 11) is 0. The Bertz CT molecular complexity index is 353. The Morgan fingerprint density at radius 2 is 1.73 bits per heavy atom. The van der Waals surface area contributed by atoms with Gasteiger partial charge in [0.2, 0.25) is 5.91 Å². The fraction of sp³-hybridized carbons (Fsp3) is 0.706. The number of rotatable bonds is 9. The molecule has 0 bridgehead atoms. The molecule has 1 amide bonds. The molecule has 0 spiro atoms. The smallest absolute Gasteiger partial charge is 0.237 e. The standard InChI is InChI=1S/C17H29N3O.ClH/c1-3-9-20(10-4-2)17(21)14-19-11-7-16(8-12-19)18-13-15-5-6-15;/h3-4,15-16,18H,1-2,5-14H2;1H. The molecule has 2 rings (SSSR count). The van der Waals surface area contributed by atoms with Crippen LogP contribution >= 0.6 is 12.4 Å². The van der Waals surface area contributed by atoms with Crippen molar-refractivity contribution in [3.8, 4) is 0 Å². The van der Waals surface area contributed by atoms with Crippen LogP contribution in [0.4, 0.5) is 0 Å². The van der Waals surface area contributed by atoms with Gasteiger partial charge >= 0.3 is 0 Å². The topological polar surface area (TPSA) is 35.6 Å². The van der Waals surface area contributed by atoms with Gasteiger partial charge in [0, 0.05) is 32.2 Å². The first-order chi connectivity index (χ1) is 10.2. The first kappa shape index (κ1) is 19.2. The fourth-order valence-corrected chi connectivity index (χ4v) is 2.83. The van der Waals surface area contributed by atoms with E-state index in [2.05, 4.69) is 23.4 Å². The Kier molecular flexibility index (Phi) is 8.76. The summed E-state index contributed by atoms with van der Waals surface area (Å²) in [5, 5.41) is 3.67. The van der Waals surface area contributed by atoms with Crippen molar-refractivity contribution < 1.29 is 4.79 Å². The number of nitrogens with zero attached hydrogens (tertiary/aromatic N) is 2. The molecule has 1 saturated carbocycles. The molecule has 5 heteroatoms. The van der Waals surface area contributed by atoms with Crippen LogP contribution in [0.15, 0.2) is 25.3 Å². The number of amides is 1. The number of halogens is 1. The van der Waals surface area contributed by atoms with E-state index in [-0.39, 0.29) is 18.3 Å². The summed E-state index contributed by atoms with van der Waals surface area (Å²) in [6, 6.07) is 0.648. The minimum absolute atomic E-state index is 0. The van der Waals surface area contributed by atoms with Gasteiger partial charge in [0.1, 0.15) is 0 Å². The minimum Gasteiger partial charge on any atom is -0.334 e. The van der Waals surface area contributed by atoms with E-state index >= 15 is 0 Å². The van der Waals surface area contributed by atoms with E-state index in [1.807, 2.05) is 0 Å². The molecule has 22 heavy (non-hydrogen) atoms. The highest BCUT2D eigenvalue weighted by molar-refractivity contribution is 5.85. The molecular weight excluding hydrogens is 298 g/mol. The highest BCUT2D eigenvalue weighted by atomic mass is 35.5. The lowest BCUT2D eigenvalue weighted by Gasteiger charge is -2.33. The quantitative estimate of drug-likeness (QED) is 0.659. The van der Waals surface area contributed by atoms with Crippen molar-refractivity contribution in [1.82, 2.24) is 15.1 Å². The number of likely N-dealkylation sites (tertiary alicyclic amines) is 1. The van der Waals surface area contributed by atoms with E-state index in [0.29, 0.717) is 25.7 Å². The van der Waals surface area contributed by atoms with E-state index < -0.39 is 0 Å². The molecule has 2 aliphatic rings. The lowest BCUT2D eigenvalue weighted by molar-refractivity contribution is -0.131. The molecule has 0 aromatic rings. The van der Waals surface area contributed by atoms with Gasteiger partial charge in [0.25, 0.3) is 0 Å². The van der Waals surface area contributed by atoms with Gasteiger partial charge in [-0.15, -0.1) is 25.6 Å². The summed E-state index contributed by atoms with van der Waals surface area (Å²) in [6.07, 6.45) is 8.67. The second-order valence-corrected chi connectivity index (χ2v) is 6.28. The average Bonchev–Trinajstić information content (AvgIpc) is 3.30. The summed E-state index contributed by atoms with van der Waals surface area (Å²) < 4.78 is 0. The normalized spacial score (nSPS) is 19.3. The summed E-state index contributed by atoms with van der Waals surface area (Å²) >= 11 is 0. The Morgan fingerprint density at radius 3 is 2.23 bits per heavy atom. The lowest BCUT2D eigenvalue weighted by atomic mass is 10.0. The van der Waals surface area contributed by atoms with Gasteiger partial charge < -0.3 is 10.2 Å². The summed E-state index contributed by atoms with van der Waals surface area (Å²) in [5.74, 6) is 1.12. The molecule has 4 nitrogen and oxygen atoms in total. The minimum atomic E-state index is 0. The van der Waals surface area contributed by atoms with Crippen molar-refractivity contribution in [2.75, 3.05) is 39.3 Å². The molecule has 2 fully saturated rings. The third kappa shape index (κ3) is 6.51. The Morgan fingerprint density at radius 1 is 1.14 bits per heavy atom. The van der Waals surface area contributed by atoms with Crippen LogP contribution in [0.25, 0.3) is 0 Å². The van der Waals surface area contributed by atoms with Gasteiger partial charge in [-0.2, -0.15) is 0 Å². The second-order valence-electron chi connectivity index (χ2n) is 6.28. The number of hydrogen-bond acceptors (Lipinski definition) is 3. The number of carbonyl (C=O) groups is 1. The molecule has 1 saturated heterocycles. The van der Waals surface area contributed by atoms with Crippen LogP contribution in [0.2, 0.25) is 0 Å². The zero-order chi connectivity index (χ0) is 15.1. The van der Waals surface area contributed by atoms with Crippen LogP contribution < -0.4 is 5.32 Å². The predicted molar refractivity (Wildman–Crippen MR) is 94.4 cm³/mol. The molecule has 126 valence electrons. The van der Waals surface area contributed by atoms with Crippen LogP contribution in [-0.4, -0.2) is 61.0 Å². The maximum atomic E-state index is 12.3. The second kappa shape index (κ2) is 10.0. The Balaban J connectivity index is 0.00000242. The van der Waals surface area contributed by atoms with Gasteiger partial charge in [-0.3, -0.25) is 9.69 Å². The van der Waals surface area contributed by atoms with Crippen LogP contribution in [0.1, 0.15) is 25.7 Å². The molecular formula is C17H30ClN3O. The average molecular weight is 328 g/mol. The molecule has 1 N–H and O–H groups in total. The summed E-state index contributed by atoms with van der Waals surface area (Å²) in [4.78, 5) is 16.3. The van der Waals surface area contributed by atoms with Gasteiger partial charge in [-0.25, -0.2) is 0 Å². The maximum Gasteiger partial charge on any atom is 0.237 e. The summed E-state index contributed by atoms with van der Waals surface area (Å²) in [5.41, 5.74) is 0. The number of nitrogens with one attached hydrogen (secondary N) is 1. The first-order valence-electron chi connectivity index (χ1n) is 8.18. The van der Waals surface area contributed by atoms with Crippen molar-refractivity contribution in [3.05, 3.63) is 25.3 Å². The molecule has 1 aliphatic heterocycles. The molecule has 1 heterocycles. The highest BCUT2D eigenvalue weighted by Gasteiger charge is 2.25. The first-order valence-corrected chi connectivity index (χ1v) is 8.18. The zero-order valence-corrected chi connectivity index (χ0v) is 14.3. The molecule has 0 aromatic carbocycles. The van der Waals surface area contributed by atoms with E-state index in [0.717, 1.165) is 31.8 Å². The van der Waals surface area contributed by atoms with E-state index in [1.165, 1.54) is 19.4 Å². The SMILES string of the molecule is C=CCN(CC=C)C(=O)CN1CCC(NCC2CC2)CC1.Cl. The number of carbonyl (C=O) groups excluding carboxylic acids is 1. The number of piperidine rings is 1. The fourth-order valence-electron chi connectivity index (χ4n) is 2.83. The third-order valence-electron chi connectivity index (χ3n) is 4.39. The van der Waals surface area contributed by atoms with Gasteiger partial charge in [0.15, 0.2) is 0 Å². The lowest BCUT2D eigenvalue weighted by Crippen LogP contribution is -2.47. The molecule has 0 unspecified atom stereocenters. The molecule has 1 aliphatic carbocycles. The Labute approximate surface area is 141 Å². The maximum absolute atomic E-state index is 12.3. The third-order valence-corrected chi connectivity index (χ3v) is 4.39. The van der Waals surface area contributed by atoms with E-state index in [1.54, 1.807) is 17.1 Å². The van der Waals surface area contributed by atoms with Crippen LogP contribution in [-0.2, 0) is 4.79 Å². The van der Waals surface area contributed by atoms with Crippen molar-refractivity contribution in [1.29, 1.82) is 0 Å². The van der Waals surface area contributed by atoms with Crippen molar-refractivity contribution >= 4 is 18.3 Å². The van der Waals surface area contributed by atoms with Crippen LogP contribution in [0.5, 0.6) is 0 Å². The van der Waals surface area contributed by atoms with Gasteiger partial charge in [-0.1, -0.05) is 12.2 Å². The predicted octanol–water partition coefficient (Wildman–Crippen LogP) is 2.07. The van der Waals surface area contributed by atoms with E-state index in [9.17, 15) is 4.79 Å². The zero-order valence-electron chi connectivity index (χ0n) is 13.5. The monoisotopic (exact) mass is 327 g/mol. The van der Waals surface area contributed by atoms with Gasteiger partial charge in [0.05, 0.1) is 6.54 Å². The summed E-state index contributed by atoms with van der Waals surface area (Å²) in [6.45, 7) is 12.4. The van der Waals surface area contributed by atoms with Crippen molar-refractivity contribution in [2.45, 2.75) is 31.7 Å². The molecule has 0 aromatic heterocycles. The van der Waals surface area contributed by atoms with Crippen molar-refractivity contribution in [2.24, 2.45) is 5.92 Å². The Hall–Kier alpha value is -0.840. The van der Waals surface area contributed by atoms with E-state index in [4.69, 9.17) is 0 Å². The number of hydrogen-bond donors (Lipinski definition) is 1. The molecule has 0 radical (unpaired) electrons. The van der Waals surface area contributed by atoms with Crippen molar-refractivity contribution in [3.63, 3.8) is 0 Å². The van der Waals surface area contributed by atoms with Crippen LogP contribution in [0.3, 0.4) is 0 Å². The van der Waals surface area contributed by atoms with Gasteiger partial charge in [-0.05, 0) is 38.1 Å². The highest BCUT2D eigenvalue weighted by Crippen LogP contribution is 2.28. The molecule has 0 atom stereocenters. The van der Waals surface area contributed by atoms with Crippen LogP contribution in [0, 0.1) is 5.92 Å². The largest absolute Gasteiger partial charge is 0.334 e.